The summed E-state index contributed by atoms with van der Waals surface area (Å²) in [6.45, 7) is 0. The molecule has 0 amide bonds. The van der Waals surface area contributed by atoms with E-state index in [9.17, 15) is 0 Å². The van der Waals surface area contributed by atoms with Crippen molar-refractivity contribution in [3.8, 4) is 5.75 Å². The van der Waals surface area contributed by atoms with Crippen LogP contribution in [0.1, 0.15) is 19.3 Å². The lowest BCUT2D eigenvalue weighted by Gasteiger charge is -2.19. The maximum Gasteiger partial charge on any atom is 0.134 e. The summed E-state index contributed by atoms with van der Waals surface area (Å²) >= 11 is 0. The number of methoxy groups -OCH3 is 1. The summed E-state index contributed by atoms with van der Waals surface area (Å²) in [5, 5.41) is 5.74. The molecule has 2 atom stereocenters. The van der Waals surface area contributed by atoms with E-state index >= 15 is 0 Å². The molecule has 3 N–H and O–H groups in total. The van der Waals surface area contributed by atoms with E-state index in [4.69, 9.17) is 10.5 Å². The molecule has 0 radical (unpaired) electrons. The maximum atomic E-state index is 6.11. The number of aromatic nitrogens is 1. The number of pyridine rings is 1. The van der Waals surface area contributed by atoms with E-state index in [1.807, 2.05) is 30.5 Å². The fourth-order valence-electron chi connectivity index (χ4n) is 2.74. The molecule has 1 heterocycles. The third kappa shape index (κ3) is 2.36. The van der Waals surface area contributed by atoms with Gasteiger partial charge in [0.2, 0.25) is 0 Å². The summed E-state index contributed by atoms with van der Waals surface area (Å²) in [6, 6.07) is 8.60. The Morgan fingerprint density at radius 3 is 2.95 bits per heavy atom. The van der Waals surface area contributed by atoms with Crippen LogP contribution in [-0.4, -0.2) is 24.2 Å². The first kappa shape index (κ1) is 12.2. The highest BCUT2D eigenvalue weighted by Gasteiger charge is 2.24. The van der Waals surface area contributed by atoms with Crippen molar-refractivity contribution < 1.29 is 4.74 Å². The first-order chi connectivity index (χ1) is 9.28. The minimum atomic E-state index is 0.232. The number of anilines is 1. The van der Waals surface area contributed by atoms with Gasteiger partial charge in [-0.1, -0.05) is 0 Å². The van der Waals surface area contributed by atoms with Gasteiger partial charge >= 0.3 is 0 Å². The normalized spacial score (nSPS) is 22.6. The molecule has 0 spiro atoms. The van der Waals surface area contributed by atoms with Crippen molar-refractivity contribution in [1.29, 1.82) is 0 Å². The van der Waals surface area contributed by atoms with Gasteiger partial charge in [-0.25, -0.2) is 4.98 Å². The predicted molar refractivity (Wildman–Crippen MR) is 77.5 cm³/mol. The lowest BCUT2D eigenvalue weighted by molar-refractivity contribution is 0.415. The summed E-state index contributed by atoms with van der Waals surface area (Å²) in [4.78, 5) is 4.45. The van der Waals surface area contributed by atoms with Crippen molar-refractivity contribution in [3.63, 3.8) is 0 Å². The summed E-state index contributed by atoms with van der Waals surface area (Å²) in [6.07, 6.45) is 5.23. The van der Waals surface area contributed by atoms with Gasteiger partial charge in [0, 0.05) is 23.7 Å². The minimum absolute atomic E-state index is 0.232. The Kier molecular flexibility index (Phi) is 3.25. The molecule has 100 valence electrons. The van der Waals surface area contributed by atoms with Crippen LogP contribution in [0.4, 0.5) is 5.82 Å². The van der Waals surface area contributed by atoms with Crippen molar-refractivity contribution in [2.75, 3.05) is 12.4 Å². The van der Waals surface area contributed by atoms with Gasteiger partial charge < -0.3 is 15.8 Å². The van der Waals surface area contributed by atoms with E-state index in [0.29, 0.717) is 6.04 Å². The van der Waals surface area contributed by atoms with Gasteiger partial charge in [-0.2, -0.15) is 0 Å². The Balaban J connectivity index is 1.94. The van der Waals surface area contributed by atoms with Crippen molar-refractivity contribution in [2.24, 2.45) is 5.73 Å². The molecule has 1 aromatic heterocycles. The molecular weight excluding hydrogens is 238 g/mol. The molecule has 1 saturated carbocycles. The third-order valence-electron chi connectivity index (χ3n) is 3.86. The van der Waals surface area contributed by atoms with Crippen molar-refractivity contribution in [2.45, 2.75) is 31.3 Å². The molecule has 3 rings (SSSR count). The summed E-state index contributed by atoms with van der Waals surface area (Å²) in [7, 11) is 1.68. The van der Waals surface area contributed by atoms with E-state index in [0.717, 1.165) is 35.2 Å². The number of fused-ring (bicyclic) bond motifs is 1. The van der Waals surface area contributed by atoms with Gasteiger partial charge in [0.15, 0.2) is 0 Å². The molecule has 2 aromatic rings. The van der Waals surface area contributed by atoms with E-state index in [-0.39, 0.29) is 6.04 Å². The number of hydrogen-bond donors (Lipinski definition) is 2. The highest BCUT2D eigenvalue weighted by Crippen LogP contribution is 2.28. The van der Waals surface area contributed by atoms with Gasteiger partial charge in [-0.05, 0) is 48.9 Å². The number of benzene rings is 1. The second-order valence-corrected chi connectivity index (χ2v) is 5.09. The second-order valence-electron chi connectivity index (χ2n) is 5.09. The van der Waals surface area contributed by atoms with Crippen LogP contribution >= 0.6 is 0 Å². The van der Waals surface area contributed by atoms with Crippen LogP contribution in [0, 0.1) is 0 Å². The van der Waals surface area contributed by atoms with Crippen molar-refractivity contribution >= 4 is 16.6 Å². The predicted octanol–water partition coefficient (Wildman–Crippen LogP) is 2.54. The summed E-state index contributed by atoms with van der Waals surface area (Å²) < 4.78 is 5.25. The Bertz CT molecular complexity index is 585. The van der Waals surface area contributed by atoms with E-state index in [1.165, 1.54) is 6.42 Å². The van der Waals surface area contributed by atoms with Crippen LogP contribution in [0.25, 0.3) is 10.8 Å². The smallest absolute Gasteiger partial charge is 0.134 e. The summed E-state index contributed by atoms with van der Waals surface area (Å²) in [5.74, 6) is 1.78. The van der Waals surface area contributed by atoms with Crippen LogP contribution in [0.3, 0.4) is 0 Å². The quantitative estimate of drug-likeness (QED) is 0.887. The van der Waals surface area contributed by atoms with Crippen LogP contribution in [-0.2, 0) is 0 Å². The van der Waals surface area contributed by atoms with E-state index in [1.54, 1.807) is 7.11 Å². The Labute approximate surface area is 113 Å². The van der Waals surface area contributed by atoms with Crippen LogP contribution < -0.4 is 15.8 Å². The fourth-order valence-corrected chi connectivity index (χ4v) is 2.74. The molecule has 0 aliphatic heterocycles. The molecule has 1 fully saturated rings. The highest BCUT2D eigenvalue weighted by atomic mass is 16.5. The SMILES string of the molecule is COc1ccc2c(NC3CCCC3N)nccc2c1. The first-order valence-electron chi connectivity index (χ1n) is 6.73. The van der Waals surface area contributed by atoms with E-state index < -0.39 is 0 Å². The molecule has 0 bridgehead atoms. The minimum Gasteiger partial charge on any atom is -0.497 e. The van der Waals surface area contributed by atoms with Crippen LogP contribution in [0.2, 0.25) is 0 Å². The number of hydrogen-bond acceptors (Lipinski definition) is 4. The summed E-state index contributed by atoms with van der Waals surface area (Å²) in [5.41, 5.74) is 6.11. The molecule has 19 heavy (non-hydrogen) atoms. The zero-order valence-electron chi connectivity index (χ0n) is 11.1. The molecule has 1 aliphatic rings. The average Bonchev–Trinajstić information content (AvgIpc) is 2.84. The Hall–Kier alpha value is -1.81. The molecule has 4 heteroatoms. The lowest BCUT2D eigenvalue weighted by atomic mass is 10.1. The highest BCUT2D eigenvalue weighted by molar-refractivity contribution is 5.92. The lowest BCUT2D eigenvalue weighted by Crippen LogP contribution is -2.35. The zero-order chi connectivity index (χ0) is 13.2. The number of rotatable bonds is 3. The second kappa shape index (κ2) is 5.05. The Morgan fingerprint density at radius 2 is 2.21 bits per heavy atom. The maximum absolute atomic E-state index is 6.11. The monoisotopic (exact) mass is 257 g/mol. The molecule has 1 aromatic carbocycles. The molecule has 4 nitrogen and oxygen atoms in total. The van der Waals surface area contributed by atoms with Gasteiger partial charge in [0.05, 0.1) is 7.11 Å². The topological polar surface area (TPSA) is 60.2 Å². The van der Waals surface area contributed by atoms with E-state index in [2.05, 4.69) is 10.3 Å². The molecular formula is C15H19N3O. The van der Waals surface area contributed by atoms with Gasteiger partial charge in [-0.3, -0.25) is 0 Å². The first-order valence-corrected chi connectivity index (χ1v) is 6.73. The number of ether oxygens (including phenoxy) is 1. The largest absolute Gasteiger partial charge is 0.497 e. The third-order valence-corrected chi connectivity index (χ3v) is 3.86. The van der Waals surface area contributed by atoms with Crippen molar-refractivity contribution in [3.05, 3.63) is 30.5 Å². The molecule has 1 aliphatic carbocycles. The Morgan fingerprint density at radius 1 is 1.32 bits per heavy atom. The molecule has 2 unspecified atom stereocenters. The standard InChI is InChI=1S/C15H19N3O/c1-19-11-5-6-12-10(9-11)7-8-17-15(12)18-14-4-2-3-13(14)16/h5-9,13-14H,2-4,16H2,1H3,(H,17,18). The fraction of sp³-hybridized carbons (Fsp3) is 0.400. The zero-order valence-corrected chi connectivity index (χ0v) is 11.1. The van der Waals surface area contributed by atoms with Gasteiger partial charge in [0.1, 0.15) is 11.6 Å². The number of nitrogens with two attached hydrogens (primary N) is 1. The average molecular weight is 257 g/mol. The van der Waals surface area contributed by atoms with Crippen LogP contribution in [0.5, 0.6) is 5.75 Å². The van der Waals surface area contributed by atoms with Crippen molar-refractivity contribution in [1.82, 2.24) is 4.98 Å². The van der Waals surface area contributed by atoms with Gasteiger partial charge in [-0.15, -0.1) is 0 Å². The van der Waals surface area contributed by atoms with Crippen LogP contribution in [0.15, 0.2) is 30.5 Å². The molecule has 0 saturated heterocycles. The number of nitrogens with zero attached hydrogens (tertiary/aromatic N) is 1. The number of nitrogens with one attached hydrogen (secondary N) is 1. The van der Waals surface area contributed by atoms with Gasteiger partial charge in [0.25, 0.3) is 0 Å².